The number of nitrogens with one attached hydrogen (secondary N) is 4. The number of carbonyl (C=O) groups excluding carboxylic acids is 3. The van der Waals surface area contributed by atoms with Crippen LogP contribution in [0.4, 0.5) is 28.0 Å². The highest BCUT2D eigenvalue weighted by Crippen LogP contribution is 2.42. The normalized spacial score (nSPS) is 18.0. The number of carbonyl (C=O) groups is 3. The van der Waals surface area contributed by atoms with Gasteiger partial charge in [0.15, 0.2) is 5.82 Å². The molecule has 1 fully saturated rings. The highest BCUT2D eigenvalue weighted by molar-refractivity contribution is 9.10. The molecule has 1 aromatic heterocycles. The number of rotatable bonds is 13. The Morgan fingerprint density at radius 1 is 1.00 bits per heavy atom. The Kier molecular flexibility index (Phi) is 12.8. The SMILES string of the molecule is COC(=O)C(F)(F)C(F)(F)c1nc(-c2ccc(NC(=O)C(Cc3ccc(Br)cc3)NC(O)C3CCC(CNC(=O)OC(C)(C)C)CC3)cc2)n[nH]1. The minimum Gasteiger partial charge on any atom is -0.464 e. The zero-order valence-corrected chi connectivity index (χ0v) is 30.0. The molecule has 1 saturated carbocycles. The molecule has 0 spiro atoms. The van der Waals surface area contributed by atoms with Crippen LogP contribution in [0.1, 0.15) is 57.8 Å². The number of hydrogen-bond donors (Lipinski definition) is 5. The second kappa shape index (κ2) is 16.5. The Labute approximate surface area is 300 Å². The fourth-order valence-electron chi connectivity index (χ4n) is 5.54. The molecular weight excluding hydrogens is 744 g/mol. The summed E-state index contributed by atoms with van der Waals surface area (Å²) in [4.78, 5) is 40.3. The molecule has 2 atom stereocenters. The third-order valence-electron chi connectivity index (χ3n) is 8.34. The lowest BCUT2D eigenvalue weighted by Crippen LogP contribution is -2.50. The molecular formula is C34H41BrF4N6O6. The summed E-state index contributed by atoms with van der Waals surface area (Å²) < 4.78 is 66.8. The fourth-order valence-corrected chi connectivity index (χ4v) is 5.81. The molecule has 2 aromatic carbocycles. The minimum atomic E-state index is -5.19. The first-order chi connectivity index (χ1) is 23.9. The van der Waals surface area contributed by atoms with Crippen molar-refractivity contribution in [2.45, 2.75) is 82.6 Å². The quantitative estimate of drug-likeness (QED) is 0.0803. The third-order valence-corrected chi connectivity index (χ3v) is 8.87. The van der Waals surface area contributed by atoms with Gasteiger partial charge in [0, 0.05) is 22.3 Å². The minimum absolute atomic E-state index is 0.131. The predicted molar refractivity (Wildman–Crippen MR) is 182 cm³/mol. The maximum atomic E-state index is 14.4. The number of aliphatic hydroxyl groups excluding tert-OH is 1. The van der Waals surface area contributed by atoms with Crippen molar-refractivity contribution in [2.24, 2.45) is 11.8 Å². The van der Waals surface area contributed by atoms with Crippen molar-refractivity contribution in [3.8, 4) is 11.4 Å². The Balaban J connectivity index is 1.39. The van der Waals surface area contributed by atoms with E-state index >= 15 is 0 Å². The van der Waals surface area contributed by atoms with Crippen LogP contribution < -0.4 is 16.0 Å². The largest absolute Gasteiger partial charge is 0.464 e. The van der Waals surface area contributed by atoms with Crippen LogP contribution >= 0.6 is 15.9 Å². The van der Waals surface area contributed by atoms with Gasteiger partial charge in [-0.15, -0.1) is 0 Å². The summed E-state index contributed by atoms with van der Waals surface area (Å²) in [6, 6.07) is 12.2. The van der Waals surface area contributed by atoms with Gasteiger partial charge in [0.1, 0.15) is 11.8 Å². The second-order valence-corrected chi connectivity index (χ2v) is 14.3. The van der Waals surface area contributed by atoms with Gasteiger partial charge in [-0.25, -0.2) is 14.6 Å². The number of anilines is 1. The van der Waals surface area contributed by atoms with E-state index < -0.39 is 53.5 Å². The number of aliphatic hydroxyl groups is 1. The van der Waals surface area contributed by atoms with Gasteiger partial charge in [-0.05, 0) is 107 Å². The predicted octanol–water partition coefficient (Wildman–Crippen LogP) is 5.92. The first-order valence-electron chi connectivity index (χ1n) is 16.2. The molecule has 17 heteroatoms. The lowest BCUT2D eigenvalue weighted by atomic mass is 9.81. The maximum Gasteiger partial charge on any atom is 0.412 e. The number of H-pyrrole nitrogens is 1. The van der Waals surface area contributed by atoms with E-state index in [1.165, 1.54) is 24.3 Å². The number of nitrogens with zero attached hydrogens (tertiary/aromatic N) is 2. The van der Waals surface area contributed by atoms with E-state index in [2.05, 4.69) is 46.7 Å². The van der Waals surface area contributed by atoms with Crippen molar-refractivity contribution in [1.29, 1.82) is 0 Å². The van der Waals surface area contributed by atoms with Gasteiger partial charge >= 0.3 is 23.9 Å². The van der Waals surface area contributed by atoms with Gasteiger partial charge in [0.05, 0.1) is 13.2 Å². The molecule has 0 radical (unpaired) electrons. The zero-order chi connectivity index (χ0) is 37.6. The molecule has 12 nitrogen and oxygen atoms in total. The summed E-state index contributed by atoms with van der Waals surface area (Å²) in [6.45, 7) is 5.85. The second-order valence-electron chi connectivity index (χ2n) is 13.4. The highest BCUT2D eigenvalue weighted by atomic mass is 79.9. The number of benzene rings is 2. The summed E-state index contributed by atoms with van der Waals surface area (Å²) in [5.74, 6) is -14.9. The van der Waals surface area contributed by atoms with Crippen LogP contribution in [0, 0.1) is 11.8 Å². The lowest BCUT2D eigenvalue weighted by molar-refractivity contribution is -0.233. The van der Waals surface area contributed by atoms with Crippen LogP contribution in [-0.4, -0.2) is 75.7 Å². The maximum absolute atomic E-state index is 14.4. The van der Waals surface area contributed by atoms with E-state index in [1.54, 1.807) is 25.9 Å². The molecule has 1 heterocycles. The number of ether oxygens (including phenoxy) is 2. The van der Waals surface area contributed by atoms with E-state index in [9.17, 15) is 37.1 Å². The standard InChI is InChI=1S/C34H41BrF4N6O6/c1-32(2,3)51-31(49)40-18-20-5-9-22(10-6-20)27(46)42-25(17-19-7-13-23(35)14-8-19)28(47)41-24-15-11-21(12-16-24)26-43-29(45-44-26)33(36,37)34(38,39)30(48)50-4/h7-8,11-16,20,22,25,27,42,46H,5-6,9-10,17-18H2,1-4H3,(H,40,49)(H,41,47)(H,43,44,45). The number of amides is 2. The Morgan fingerprint density at radius 2 is 1.63 bits per heavy atom. The van der Waals surface area contributed by atoms with Crippen LogP contribution in [-0.2, 0) is 31.4 Å². The molecule has 3 aromatic rings. The molecule has 2 amide bonds. The summed E-state index contributed by atoms with van der Waals surface area (Å²) in [7, 11) is 0.558. The number of hydrogen-bond acceptors (Lipinski definition) is 9. The van der Waals surface area contributed by atoms with Crippen LogP contribution in [0.2, 0.25) is 0 Å². The molecule has 0 bridgehead atoms. The van der Waals surface area contributed by atoms with E-state index in [0.29, 0.717) is 32.2 Å². The summed E-state index contributed by atoms with van der Waals surface area (Å²) in [6.07, 6.45) is 1.67. The molecule has 51 heavy (non-hydrogen) atoms. The molecule has 0 aliphatic heterocycles. The van der Waals surface area contributed by atoms with E-state index in [4.69, 9.17) is 4.74 Å². The van der Waals surface area contributed by atoms with Gasteiger partial charge in [0.25, 0.3) is 0 Å². The van der Waals surface area contributed by atoms with E-state index in [0.717, 1.165) is 22.9 Å². The molecule has 4 rings (SSSR count). The highest BCUT2D eigenvalue weighted by Gasteiger charge is 2.66. The number of methoxy groups -OCH3 is 1. The first kappa shape index (κ1) is 39.7. The van der Waals surface area contributed by atoms with Gasteiger partial charge in [0.2, 0.25) is 11.7 Å². The Hall–Kier alpha value is -4.09. The summed E-state index contributed by atoms with van der Waals surface area (Å²) in [5, 5.41) is 25.2. The molecule has 1 aliphatic rings. The number of aromatic nitrogens is 3. The van der Waals surface area contributed by atoms with Crippen molar-refractivity contribution in [2.75, 3.05) is 19.0 Å². The Morgan fingerprint density at radius 3 is 2.22 bits per heavy atom. The van der Waals surface area contributed by atoms with Crippen molar-refractivity contribution < 1.29 is 46.5 Å². The molecule has 0 saturated heterocycles. The van der Waals surface area contributed by atoms with Crippen LogP contribution in [0.5, 0.6) is 0 Å². The number of halogens is 5. The molecule has 5 N–H and O–H groups in total. The monoisotopic (exact) mass is 784 g/mol. The zero-order valence-electron chi connectivity index (χ0n) is 28.4. The lowest BCUT2D eigenvalue weighted by Gasteiger charge is -2.33. The molecule has 278 valence electrons. The van der Waals surface area contributed by atoms with Crippen LogP contribution in [0.3, 0.4) is 0 Å². The van der Waals surface area contributed by atoms with Gasteiger partial charge < -0.3 is 25.2 Å². The third kappa shape index (κ3) is 10.5. The van der Waals surface area contributed by atoms with Crippen molar-refractivity contribution in [1.82, 2.24) is 25.8 Å². The Bertz CT molecular complexity index is 1640. The van der Waals surface area contributed by atoms with Crippen LogP contribution in [0.25, 0.3) is 11.4 Å². The van der Waals surface area contributed by atoms with E-state index in [-0.39, 0.29) is 29.6 Å². The van der Waals surface area contributed by atoms with Crippen molar-refractivity contribution in [3.63, 3.8) is 0 Å². The number of alkyl carbamates (subject to hydrolysis) is 1. The molecule has 2 unspecified atom stereocenters. The van der Waals surface area contributed by atoms with Crippen molar-refractivity contribution >= 4 is 39.6 Å². The average molecular weight is 786 g/mol. The van der Waals surface area contributed by atoms with E-state index in [1.807, 2.05) is 24.3 Å². The fraction of sp³-hybridized carbons (Fsp3) is 0.500. The topological polar surface area (TPSA) is 168 Å². The smallest absolute Gasteiger partial charge is 0.412 e. The molecule has 1 aliphatic carbocycles. The average Bonchev–Trinajstić information content (AvgIpc) is 3.59. The summed E-state index contributed by atoms with van der Waals surface area (Å²) in [5.41, 5.74) is 0.714. The number of alkyl halides is 4. The number of esters is 1. The van der Waals surface area contributed by atoms with Gasteiger partial charge in [-0.2, -0.15) is 22.7 Å². The first-order valence-corrected chi connectivity index (χ1v) is 17.0. The summed E-state index contributed by atoms with van der Waals surface area (Å²) >= 11 is 3.40. The number of aromatic amines is 1. The van der Waals surface area contributed by atoms with Gasteiger partial charge in [-0.3, -0.25) is 15.2 Å². The van der Waals surface area contributed by atoms with Gasteiger partial charge in [-0.1, -0.05) is 28.1 Å². The van der Waals surface area contributed by atoms with Crippen LogP contribution in [0.15, 0.2) is 53.0 Å². The van der Waals surface area contributed by atoms with Crippen molar-refractivity contribution in [3.05, 3.63) is 64.4 Å².